The van der Waals surface area contributed by atoms with Crippen molar-refractivity contribution in [3.63, 3.8) is 0 Å². The molecule has 196 valence electrons. The van der Waals surface area contributed by atoms with Crippen molar-refractivity contribution >= 4 is 11.8 Å². The summed E-state index contributed by atoms with van der Waals surface area (Å²) >= 11 is 0. The molecule has 0 radical (unpaired) electrons. The minimum Gasteiger partial charge on any atom is -0.345 e. The summed E-state index contributed by atoms with van der Waals surface area (Å²) < 4.78 is 2.24. The Kier molecular flexibility index (Phi) is 9.21. The topological polar surface area (TPSA) is 45.6 Å². The second-order valence-electron chi connectivity index (χ2n) is 10.4. The number of nitrogens with zero attached hydrogens (tertiary/aromatic N) is 3. The second kappa shape index (κ2) is 12.8. The first-order valence-electron chi connectivity index (χ1n) is 13.8. The van der Waals surface area contributed by atoms with Gasteiger partial charge in [-0.3, -0.25) is 9.59 Å². The van der Waals surface area contributed by atoms with Crippen LogP contribution in [-0.4, -0.2) is 44.8 Å². The lowest BCUT2D eigenvalue weighted by atomic mass is 9.94. The Morgan fingerprint density at radius 2 is 1.65 bits per heavy atom. The molecule has 1 atom stereocenters. The lowest BCUT2D eigenvalue weighted by molar-refractivity contribution is -0.136. The maximum Gasteiger partial charge on any atom is 0.254 e. The number of hydrogen-bond acceptors (Lipinski definition) is 2. The van der Waals surface area contributed by atoms with Crippen LogP contribution in [0.1, 0.15) is 79.6 Å². The normalized spacial score (nSPS) is 14.8. The smallest absolute Gasteiger partial charge is 0.254 e. The number of benzene rings is 2. The van der Waals surface area contributed by atoms with Crippen molar-refractivity contribution in [1.82, 2.24) is 14.4 Å². The third kappa shape index (κ3) is 6.71. The van der Waals surface area contributed by atoms with E-state index in [1.54, 1.807) is 4.90 Å². The predicted octanol–water partition coefficient (Wildman–Crippen LogP) is 6.45. The van der Waals surface area contributed by atoms with Crippen molar-refractivity contribution < 1.29 is 9.59 Å². The van der Waals surface area contributed by atoms with Gasteiger partial charge in [-0.1, -0.05) is 74.7 Å². The van der Waals surface area contributed by atoms with E-state index in [4.69, 9.17) is 0 Å². The molecule has 3 aromatic rings. The molecular weight excluding hydrogens is 458 g/mol. The van der Waals surface area contributed by atoms with Crippen molar-refractivity contribution in [2.45, 2.75) is 84.5 Å². The highest BCUT2D eigenvalue weighted by atomic mass is 16.2. The molecule has 0 aliphatic heterocycles. The summed E-state index contributed by atoms with van der Waals surface area (Å²) in [6.45, 7) is 7.52. The molecule has 0 saturated heterocycles. The summed E-state index contributed by atoms with van der Waals surface area (Å²) in [5.41, 5.74) is 3.98. The van der Waals surface area contributed by atoms with Gasteiger partial charge in [0.1, 0.15) is 6.54 Å². The van der Waals surface area contributed by atoms with Crippen molar-refractivity contribution in [1.29, 1.82) is 0 Å². The summed E-state index contributed by atoms with van der Waals surface area (Å²) in [6, 6.07) is 22.5. The van der Waals surface area contributed by atoms with E-state index in [1.165, 1.54) is 12.0 Å². The highest BCUT2D eigenvalue weighted by Crippen LogP contribution is 2.25. The van der Waals surface area contributed by atoms with Crippen LogP contribution in [0.5, 0.6) is 0 Å². The zero-order valence-corrected chi connectivity index (χ0v) is 22.6. The molecule has 5 nitrogen and oxygen atoms in total. The number of carbonyl (C=O) groups excluding carboxylic acids is 2. The first kappa shape index (κ1) is 26.7. The average Bonchev–Trinajstić information content (AvgIpc) is 3.37. The van der Waals surface area contributed by atoms with E-state index in [2.05, 4.69) is 59.0 Å². The Balaban J connectivity index is 1.57. The molecule has 0 bridgehead atoms. The van der Waals surface area contributed by atoms with Gasteiger partial charge < -0.3 is 14.4 Å². The molecule has 4 rings (SSSR count). The van der Waals surface area contributed by atoms with Gasteiger partial charge in [-0.15, -0.1) is 0 Å². The fourth-order valence-corrected chi connectivity index (χ4v) is 5.37. The van der Waals surface area contributed by atoms with Crippen molar-refractivity contribution in [2.24, 2.45) is 0 Å². The lowest BCUT2D eigenvalue weighted by Gasteiger charge is -2.37. The van der Waals surface area contributed by atoms with E-state index in [0.29, 0.717) is 12.1 Å². The third-order valence-corrected chi connectivity index (χ3v) is 7.85. The first-order chi connectivity index (χ1) is 18.0. The van der Waals surface area contributed by atoms with Crippen LogP contribution in [0.3, 0.4) is 0 Å². The van der Waals surface area contributed by atoms with Crippen LogP contribution in [0.15, 0.2) is 72.9 Å². The molecule has 1 fully saturated rings. The minimum atomic E-state index is -0.0585. The Morgan fingerprint density at radius 1 is 0.946 bits per heavy atom. The molecule has 1 heterocycles. The minimum absolute atomic E-state index is 0.0220. The van der Waals surface area contributed by atoms with Gasteiger partial charge in [-0.05, 0) is 62.4 Å². The molecule has 1 saturated carbocycles. The highest BCUT2D eigenvalue weighted by molar-refractivity contribution is 5.98. The van der Waals surface area contributed by atoms with Crippen LogP contribution in [0.2, 0.25) is 0 Å². The molecule has 0 spiro atoms. The van der Waals surface area contributed by atoms with Crippen LogP contribution in [0.4, 0.5) is 0 Å². The Labute approximate surface area is 222 Å². The molecule has 1 aliphatic carbocycles. The quantitative estimate of drug-likeness (QED) is 0.322. The Morgan fingerprint density at radius 3 is 2.35 bits per heavy atom. The maximum absolute atomic E-state index is 14.0. The summed E-state index contributed by atoms with van der Waals surface area (Å²) in [6.07, 6.45) is 8.48. The zero-order chi connectivity index (χ0) is 26.2. The van der Waals surface area contributed by atoms with Crippen molar-refractivity contribution in [3.8, 4) is 0 Å². The SMILES string of the molecule is CCC(C)N(CC(=O)N(Cc1cccn1Cc1ccccc1)C1CCCCC1)C(=O)c1ccccc1C. The molecule has 1 unspecified atom stereocenters. The van der Waals surface area contributed by atoms with Gasteiger partial charge in [0.05, 0.1) is 6.54 Å². The molecule has 2 amide bonds. The molecule has 1 aliphatic rings. The van der Waals surface area contributed by atoms with E-state index in [-0.39, 0.29) is 30.4 Å². The van der Waals surface area contributed by atoms with Crippen molar-refractivity contribution in [2.75, 3.05) is 6.54 Å². The van der Waals surface area contributed by atoms with E-state index >= 15 is 0 Å². The average molecular weight is 500 g/mol. The number of aromatic nitrogens is 1. The number of amides is 2. The molecular formula is C32H41N3O2. The number of aryl methyl sites for hydroxylation is 1. The number of hydrogen-bond donors (Lipinski definition) is 0. The maximum atomic E-state index is 14.0. The molecule has 2 aromatic carbocycles. The molecule has 5 heteroatoms. The Bertz CT molecular complexity index is 1160. The Hall–Kier alpha value is -3.34. The fourth-order valence-electron chi connectivity index (χ4n) is 5.37. The number of rotatable bonds is 10. The summed E-state index contributed by atoms with van der Waals surface area (Å²) in [7, 11) is 0. The monoisotopic (exact) mass is 499 g/mol. The zero-order valence-electron chi connectivity index (χ0n) is 22.6. The van der Waals surface area contributed by atoms with Gasteiger partial charge in [-0.2, -0.15) is 0 Å². The van der Waals surface area contributed by atoms with E-state index in [1.807, 2.05) is 44.2 Å². The fraction of sp³-hybridized carbons (Fsp3) is 0.438. The van der Waals surface area contributed by atoms with Gasteiger partial charge in [-0.25, -0.2) is 0 Å². The van der Waals surface area contributed by atoms with Crippen LogP contribution in [0.25, 0.3) is 0 Å². The standard InChI is InChI=1S/C32H41N3O2/c1-4-26(3)34(32(37)30-20-12-11-14-25(30)2)24-31(36)35(28-17-9-6-10-18-28)23-29-19-13-21-33(29)22-27-15-7-5-8-16-27/h5,7-8,11-16,19-21,26,28H,4,6,9-10,17-18,22-24H2,1-3H3. The van der Waals surface area contributed by atoms with Crippen molar-refractivity contribution in [3.05, 3.63) is 95.3 Å². The van der Waals surface area contributed by atoms with E-state index in [9.17, 15) is 9.59 Å². The summed E-state index contributed by atoms with van der Waals surface area (Å²) in [5, 5.41) is 0. The van der Waals surface area contributed by atoms with Crippen LogP contribution in [-0.2, 0) is 17.9 Å². The van der Waals surface area contributed by atoms with Gasteiger partial charge in [0.25, 0.3) is 5.91 Å². The second-order valence-corrected chi connectivity index (χ2v) is 10.4. The van der Waals surface area contributed by atoms with Crippen LogP contribution >= 0.6 is 0 Å². The predicted molar refractivity (Wildman–Crippen MR) is 149 cm³/mol. The van der Waals surface area contributed by atoms with Gasteiger partial charge >= 0.3 is 0 Å². The third-order valence-electron chi connectivity index (χ3n) is 7.85. The molecule has 1 aromatic heterocycles. The summed E-state index contributed by atoms with van der Waals surface area (Å²) in [4.78, 5) is 31.5. The van der Waals surface area contributed by atoms with Crippen LogP contribution in [0, 0.1) is 6.92 Å². The highest BCUT2D eigenvalue weighted by Gasteiger charge is 2.31. The van der Waals surface area contributed by atoms with E-state index < -0.39 is 0 Å². The molecule has 0 N–H and O–H groups in total. The van der Waals surface area contributed by atoms with Crippen LogP contribution < -0.4 is 0 Å². The number of carbonyl (C=O) groups is 2. The largest absolute Gasteiger partial charge is 0.345 e. The molecule has 37 heavy (non-hydrogen) atoms. The van der Waals surface area contributed by atoms with E-state index in [0.717, 1.165) is 49.9 Å². The first-order valence-corrected chi connectivity index (χ1v) is 13.8. The van der Waals surface area contributed by atoms with Gasteiger partial charge in [0.2, 0.25) is 5.91 Å². The van der Waals surface area contributed by atoms with Gasteiger partial charge in [0, 0.05) is 36.1 Å². The lowest BCUT2D eigenvalue weighted by Crippen LogP contribution is -2.49. The van der Waals surface area contributed by atoms with Gasteiger partial charge in [0.15, 0.2) is 0 Å². The summed E-state index contributed by atoms with van der Waals surface area (Å²) in [5.74, 6) is -0.0153.